The molecule has 0 bridgehead atoms. The molecule has 1 aromatic heterocycles. The molecule has 0 saturated heterocycles. The van der Waals surface area contributed by atoms with Crippen molar-refractivity contribution in [2.45, 2.75) is 0 Å². The van der Waals surface area contributed by atoms with Gasteiger partial charge in [-0.2, -0.15) is 0 Å². The summed E-state index contributed by atoms with van der Waals surface area (Å²) in [4.78, 5) is 31.1. The van der Waals surface area contributed by atoms with Crippen LogP contribution < -0.4 is 20.9 Å². The second-order valence-corrected chi connectivity index (χ2v) is 6.44. The summed E-state index contributed by atoms with van der Waals surface area (Å²) in [7, 11) is 1.54. The number of nitrogens with zero attached hydrogens (tertiary/aromatic N) is 3. The van der Waals surface area contributed by atoms with Gasteiger partial charge >= 0.3 is 5.69 Å². The summed E-state index contributed by atoms with van der Waals surface area (Å²) < 4.78 is 5.67. The first-order valence-corrected chi connectivity index (χ1v) is 9.00. The molecule has 1 amide bonds. The zero-order valence-corrected chi connectivity index (χ0v) is 16.6. The van der Waals surface area contributed by atoms with E-state index in [9.17, 15) is 14.9 Å². The monoisotopic (exact) mass is 458 g/mol. The summed E-state index contributed by atoms with van der Waals surface area (Å²) in [6, 6.07) is 13.5. The fraction of sp³-hybridized carbons (Fsp3) is 0.0556. The van der Waals surface area contributed by atoms with E-state index in [2.05, 4.69) is 42.1 Å². The minimum Gasteiger partial charge on any atom is -0.497 e. The smallest absolute Gasteiger partial charge is 0.355 e. The zero-order chi connectivity index (χ0) is 20.8. The van der Waals surface area contributed by atoms with Crippen molar-refractivity contribution in [3.05, 3.63) is 75.0 Å². The minimum absolute atomic E-state index is 0.0344. The van der Waals surface area contributed by atoms with E-state index in [0.717, 1.165) is 6.33 Å². The SMILES string of the molecule is COc1ccc(Nc2ncnc(NNC(=O)c3ccccc3Br)c2[N+](=O)[O-])cc1. The lowest BCUT2D eigenvalue weighted by Crippen LogP contribution is -2.30. The predicted octanol–water partition coefficient (Wildman–Crippen LogP) is 3.66. The van der Waals surface area contributed by atoms with E-state index in [1.54, 1.807) is 48.5 Å². The second-order valence-electron chi connectivity index (χ2n) is 5.59. The highest BCUT2D eigenvalue weighted by molar-refractivity contribution is 9.10. The predicted molar refractivity (Wildman–Crippen MR) is 110 cm³/mol. The number of ether oxygens (including phenoxy) is 1. The lowest BCUT2D eigenvalue weighted by molar-refractivity contribution is -0.383. The molecular formula is C18H15BrN6O4. The van der Waals surface area contributed by atoms with E-state index in [1.165, 1.54) is 7.11 Å². The molecule has 10 nitrogen and oxygen atoms in total. The van der Waals surface area contributed by atoms with Crippen molar-refractivity contribution in [2.24, 2.45) is 0 Å². The largest absolute Gasteiger partial charge is 0.497 e. The van der Waals surface area contributed by atoms with Crippen LogP contribution in [-0.2, 0) is 0 Å². The molecule has 11 heteroatoms. The number of benzene rings is 2. The van der Waals surface area contributed by atoms with Gasteiger partial charge in [0.1, 0.15) is 12.1 Å². The van der Waals surface area contributed by atoms with Crippen molar-refractivity contribution in [1.29, 1.82) is 0 Å². The van der Waals surface area contributed by atoms with Gasteiger partial charge in [0, 0.05) is 10.2 Å². The molecule has 0 atom stereocenters. The maximum Gasteiger partial charge on any atom is 0.355 e. The molecule has 29 heavy (non-hydrogen) atoms. The van der Waals surface area contributed by atoms with Crippen LogP contribution in [0.4, 0.5) is 23.0 Å². The van der Waals surface area contributed by atoms with E-state index in [1.807, 2.05) is 0 Å². The van der Waals surface area contributed by atoms with Crippen LogP contribution in [0.25, 0.3) is 0 Å². The quantitative estimate of drug-likeness (QED) is 0.361. The molecule has 0 aliphatic rings. The Morgan fingerprint density at radius 2 is 1.79 bits per heavy atom. The molecule has 3 rings (SSSR count). The van der Waals surface area contributed by atoms with Gasteiger partial charge in [-0.1, -0.05) is 12.1 Å². The van der Waals surface area contributed by atoms with Crippen molar-refractivity contribution in [1.82, 2.24) is 15.4 Å². The van der Waals surface area contributed by atoms with Crippen LogP contribution in [-0.4, -0.2) is 27.9 Å². The topological polar surface area (TPSA) is 131 Å². The maximum atomic E-state index is 12.3. The third-order valence-electron chi connectivity index (χ3n) is 3.77. The Bertz CT molecular complexity index is 1040. The van der Waals surface area contributed by atoms with Gasteiger partial charge in [-0.25, -0.2) is 9.97 Å². The van der Waals surface area contributed by atoms with Crippen LogP contribution in [0.1, 0.15) is 10.4 Å². The Morgan fingerprint density at radius 3 is 2.45 bits per heavy atom. The van der Waals surface area contributed by atoms with Crippen LogP contribution in [0.3, 0.4) is 0 Å². The number of methoxy groups -OCH3 is 1. The summed E-state index contributed by atoms with van der Waals surface area (Å²) in [6.45, 7) is 0. The van der Waals surface area contributed by atoms with Gasteiger partial charge in [0.15, 0.2) is 0 Å². The van der Waals surface area contributed by atoms with Crippen LogP contribution >= 0.6 is 15.9 Å². The number of carbonyl (C=O) groups is 1. The Balaban J connectivity index is 1.82. The number of carbonyl (C=O) groups excluding carboxylic acids is 1. The molecule has 1 heterocycles. The Labute approximate surface area is 173 Å². The summed E-state index contributed by atoms with van der Waals surface area (Å²) >= 11 is 3.28. The molecule has 148 valence electrons. The fourth-order valence-electron chi connectivity index (χ4n) is 2.37. The number of nitro groups is 1. The van der Waals surface area contributed by atoms with E-state index >= 15 is 0 Å². The third kappa shape index (κ3) is 4.76. The molecule has 3 aromatic rings. The highest BCUT2D eigenvalue weighted by atomic mass is 79.9. The van der Waals surface area contributed by atoms with E-state index in [0.29, 0.717) is 21.5 Å². The lowest BCUT2D eigenvalue weighted by Gasteiger charge is -2.11. The standard InChI is InChI=1S/C18H15BrN6O4/c1-29-12-8-6-11(7-9-12)22-16-15(25(27)28)17(21-10-20-16)23-24-18(26)13-4-2-3-5-14(13)19/h2-10H,1H3,(H,24,26)(H2,20,21,22,23). The van der Waals surface area contributed by atoms with Crippen LogP contribution in [0.5, 0.6) is 5.75 Å². The molecule has 2 aromatic carbocycles. The number of hydrogen-bond donors (Lipinski definition) is 3. The van der Waals surface area contributed by atoms with E-state index in [4.69, 9.17) is 4.74 Å². The molecule has 0 radical (unpaired) electrons. The zero-order valence-electron chi connectivity index (χ0n) is 15.0. The molecule has 0 spiro atoms. The number of aromatic nitrogens is 2. The van der Waals surface area contributed by atoms with Crippen molar-refractivity contribution in [3.63, 3.8) is 0 Å². The molecule has 3 N–H and O–H groups in total. The van der Waals surface area contributed by atoms with Crippen molar-refractivity contribution in [3.8, 4) is 5.75 Å². The number of nitrogens with one attached hydrogen (secondary N) is 3. The first-order chi connectivity index (χ1) is 14.0. The summed E-state index contributed by atoms with van der Waals surface area (Å²) in [5.74, 6) is -0.0471. The summed E-state index contributed by atoms with van der Waals surface area (Å²) in [5.41, 5.74) is 5.39. The van der Waals surface area contributed by atoms with Gasteiger partial charge in [0.05, 0.1) is 17.6 Å². The average molecular weight is 459 g/mol. The fourth-order valence-corrected chi connectivity index (χ4v) is 2.84. The number of rotatable bonds is 7. The summed E-state index contributed by atoms with van der Waals surface area (Å²) in [6.07, 6.45) is 1.14. The highest BCUT2D eigenvalue weighted by Gasteiger charge is 2.24. The number of hydrogen-bond acceptors (Lipinski definition) is 8. The van der Waals surface area contributed by atoms with Gasteiger partial charge in [0.25, 0.3) is 5.91 Å². The Hall–Kier alpha value is -3.73. The molecule has 0 aliphatic heterocycles. The Kier molecular flexibility index (Phi) is 6.19. The molecule has 0 aliphatic carbocycles. The molecular weight excluding hydrogens is 444 g/mol. The molecule has 0 unspecified atom stereocenters. The number of halogens is 1. The average Bonchev–Trinajstić information content (AvgIpc) is 2.72. The number of anilines is 3. The van der Waals surface area contributed by atoms with Gasteiger partial charge < -0.3 is 10.1 Å². The first kappa shape index (κ1) is 20.0. The molecule has 0 fully saturated rings. The van der Waals surface area contributed by atoms with Crippen molar-refractivity contribution < 1.29 is 14.5 Å². The highest BCUT2D eigenvalue weighted by Crippen LogP contribution is 2.31. The normalized spacial score (nSPS) is 10.1. The van der Waals surface area contributed by atoms with E-state index in [-0.39, 0.29) is 11.6 Å². The third-order valence-corrected chi connectivity index (χ3v) is 4.46. The van der Waals surface area contributed by atoms with Crippen molar-refractivity contribution in [2.75, 3.05) is 17.9 Å². The van der Waals surface area contributed by atoms with Crippen LogP contribution in [0.2, 0.25) is 0 Å². The van der Waals surface area contributed by atoms with Gasteiger partial charge in [0.2, 0.25) is 11.6 Å². The number of hydrazine groups is 1. The van der Waals surface area contributed by atoms with Crippen molar-refractivity contribution >= 4 is 44.8 Å². The summed E-state index contributed by atoms with van der Waals surface area (Å²) in [5, 5.41) is 14.5. The van der Waals surface area contributed by atoms with Gasteiger partial charge in [-0.3, -0.25) is 25.8 Å². The van der Waals surface area contributed by atoms with E-state index < -0.39 is 16.5 Å². The lowest BCUT2D eigenvalue weighted by atomic mass is 10.2. The van der Waals surface area contributed by atoms with Crippen LogP contribution in [0.15, 0.2) is 59.3 Å². The number of amides is 1. The molecule has 0 saturated carbocycles. The second kappa shape index (κ2) is 8.97. The first-order valence-electron chi connectivity index (χ1n) is 8.21. The maximum absolute atomic E-state index is 12.3. The minimum atomic E-state index is -0.640. The van der Waals surface area contributed by atoms with Gasteiger partial charge in [-0.15, -0.1) is 0 Å². The Morgan fingerprint density at radius 1 is 1.10 bits per heavy atom. The van der Waals surface area contributed by atoms with Crippen LogP contribution in [0, 0.1) is 10.1 Å². The van der Waals surface area contributed by atoms with Gasteiger partial charge in [-0.05, 0) is 52.3 Å².